The van der Waals surface area contributed by atoms with E-state index < -0.39 is 5.97 Å². The molecule has 1 fully saturated rings. The van der Waals surface area contributed by atoms with Gasteiger partial charge in [-0.1, -0.05) is 11.6 Å². The summed E-state index contributed by atoms with van der Waals surface area (Å²) in [5, 5.41) is 9.32. The van der Waals surface area contributed by atoms with Gasteiger partial charge in [0.05, 0.1) is 5.92 Å². The van der Waals surface area contributed by atoms with Gasteiger partial charge < -0.3 is 5.11 Å². The van der Waals surface area contributed by atoms with Gasteiger partial charge in [0.15, 0.2) is 0 Å². The molecule has 98 valence electrons. The largest absolute Gasteiger partial charge is 0.481 e. The minimum atomic E-state index is -0.784. The van der Waals surface area contributed by atoms with Crippen molar-refractivity contribution in [1.29, 1.82) is 0 Å². The van der Waals surface area contributed by atoms with Crippen LogP contribution >= 0.6 is 11.6 Å². The Hall–Kier alpha value is -1.13. The molecule has 1 atom stereocenters. The molecule has 0 radical (unpaired) electrons. The summed E-state index contributed by atoms with van der Waals surface area (Å²) in [6.45, 7) is 3.28. The van der Waals surface area contributed by atoms with Crippen molar-refractivity contribution in [2.75, 3.05) is 13.1 Å². The molecule has 0 spiro atoms. The number of rotatable bonds is 3. The number of halogens is 2. The maximum Gasteiger partial charge on any atom is 0.307 e. The third-order valence-corrected chi connectivity index (χ3v) is 3.63. The van der Waals surface area contributed by atoms with E-state index in [9.17, 15) is 9.18 Å². The molecular formula is C13H15ClFNO2. The zero-order valence-corrected chi connectivity index (χ0v) is 10.9. The van der Waals surface area contributed by atoms with Crippen molar-refractivity contribution in [3.8, 4) is 0 Å². The first-order chi connectivity index (χ1) is 8.47. The van der Waals surface area contributed by atoms with Crippen LogP contribution in [-0.4, -0.2) is 29.1 Å². The van der Waals surface area contributed by atoms with Crippen LogP contribution in [0.2, 0.25) is 5.02 Å². The fourth-order valence-corrected chi connectivity index (χ4v) is 2.60. The zero-order valence-electron chi connectivity index (χ0n) is 10.1. The quantitative estimate of drug-likeness (QED) is 0.919. The van der Waals surface area contributed by atoms with Gasteiger partial charge in [-0.25, -0.2) is 4.39 Å². The average Bonchev–Trinajstić information content (AvgIpc) is 2.71. The van der Waals surface area contributed by atoms with Crippen molar-refractivity contribution < 1.29 is 14.3 Å². The van der Waals surface area contributed by atoms with Crippen molar-refractivity contribution in [2.45, 2.75) is 19.9 Å². The summed E-state index contributed by atoms with van der Waals surface area (Å²) in [4.78, 5) is 12.8. The van der Waals surface area contributed by atoms with Crippen LogP contribution in [-0.2, 0) is 11.3 Å². The van der Waals surface area contributed by atoms with E-state index in [1.165, 1.54) is 6.07 Å². The Morgan fingerprint density at radius 3 is 2.89 bits per heavy atom. The van der Waals surface area contributed by atoms with Crippen LogP contribution in [0.4, 0.5) is 4.39 Å². The fraction of sp³-hybridized carbons (Fsp3) is 0.462. The first-order valence-electron chi connectivity index (χ1n) is 5.87. The molecule has 1 aliphatic rings. The Morgan fingerprint density at radius 1 is 1.61 bits per heavy atom. The van der Waals surface area contributed by atoms with Crippen molar-refractivity contribution >= 4 is 17.6 Å². The van der Waals surface area contributed by atoms with E-state index in [0.29, 0.717) is 36.6 Å². The summed E-state index contributed by atoms with van der Waals surface area (Å²) in [6, 6.07) is 3.18. The molecule has 0 saturated carbocycles. The van der Waals surface area contributed by atoms with Crippen molar-refractivity contribution in [2.24, 2.45) is 5.92 Å². The predicted octanol–water partition coefficient (Wildman–Crippen LogP) is 2.69. The van der Waals surface area contributed by atoms with Crippen LogP contribution in [0.1, 0.15) is 17.5 Å². The molecule has 1 aromatic carbocycles. The molecule has 1 heterocycles. The van der Waals surface area contributed by atoms with Crippen LogP contribution in [0, 0.1) is 18.7 Å². The molecule has 18 heavy (non-hydrogen) atoms. The van der Waals surface area contributed by atoms with E-state index in [-0.39, 0.29) is 11.7 Å². The Labute approximate surface area is 110 Å². The first-order valence-corrected chi connectivity index (χ1v) is 6.25. The maximum atomic E-state index is 13.8. The Morgan fingerprint density at radius 2 is 2.33 bits per heavy atom. The fourth-order valence-electron chi connectivity index (χ4n) is 2.28. The Kier molecular flexibility index (Phi) is 3.88. The van der Waals surface area contributed by atoms with E-state index in [1.54, 1.807) is 13.0 Å². The van der Waals surface area contributed by atoms with Crippen LogP contribution in [0.25, 0.3) is 0 Å². The van der Waals surface area contributed by atoms with Gasteiger partial charge in [0, 0.05) is 23.7 Å². The van der Waals surface area contributed by atoms with Gasteiger partial charge in [-0.2, -0.15) is 0 Å². The highest BCUT2D eigenvalue weighted by molar-refractivity contribution is 6.31. The Balaban J connectivity index is 2.09. The van der Waals surface area contributed by atoms with Crippen LogP contribution < -0.4 is 0 Å². The molecule has 3 nitrogen and oxygen atoms in total. The molecule has 5 heteroatoms. The smallest absolute Gasteiger partial charge is 0.307 e. The molecule has 1 N–H and O–H groups in total. The van der Waals surface area contributed by atoms with E-state index in [4.69, 9.17) is 16.7 Å². The molecule has 0 aromatic heterocycles. The second kappa shape index (κ2) is 5.24. The van der Waals surface area contributed by atoms with Gasteiger partial charge in [-0.05, 0) is 37.6 Å². The second-order valence-electron chi connectivity index (χ2n) is 4.77. The molecule has 2 rings (SSSR count). The second-order valence-corrected chi connectivity index (χ2v) is 5.17. The lowest BCUT2D eigenvalue weighted by Crippen LogP contribution is -2.23. The third kappa shape index (κ3) is 2.82. The van der Waals surface area contributed by atoms with Gasteiger partial charge in [-0.3, -0.25) is 9.69 Å². The molecule has 1 aromatic rings. The molecular weight excluding hydrogens is 257 g/mol. The molecule has 0 amide bonds. The van der Waals surface area contributed by atoms with Crippen LogP contribution in [0.3, 0.4) is 0 Å². The summed E-state index contributed by atoms with van der Waals surface area (Å²) >= 11 is 6.03. The highest BCUT2D eigenvalue weighted by Gasteiger charge is 2.28. The number of likely N-dealkylation sites (tertiary alicyclic amines) is 1. The van der Waals surface area contributed by atoms with Crippen molar-refractivity contribution in [1.82, 2.24) is 4.90 Å². The first kappa shape index (κ1) is 13.3. The minimum Gasteiger partial charge on any atom is -0.481 e. The number of benzene rings is 1. The van der Waals surface area contributed by atoms with Gasteiger partial charge in [0.2, 0.25) is 0 Å². The molecule has 0 aliphatic carbocycles. The number of aryl methyl sites for hydroxylation is 1. The van der Waals surface area contributed by atoms with Gasteiger partial charge >= 0.3 is 5.97 Å². The summed E-state index contributed by atoms with van der Waals surface area (Å²) < 4.78 is 13.8. The SMILES string of the molecule is Cc1cc(F)c(CN2CCC(C(=O)O)C2)c(Cl)c1. The Bertz CT molecular complexity index is 455. The number of hydrogen-bond acceptors (Lipinski definition) is 2. The molecule has 1 aliphatic heterocycles. The number of hydrogen-bond donors (Lipinski definition) is 1. The summed E-state index contributed by atoms with van der Waals surface area (Å²) in [5.41, 5.74) is 1.24. The highest BCUT2D eigenvalue weighted by Crippen LogP contribution is 2.25. The molecule has 1 saturated heterocycles. The van der Waals surface area contributed by atoms with Gasteiger partial charge in [0.25, 0.3) is 0 Å². The third-order valence-electron chi connectivity index (χ3n) is 3.29. The summed E-state index contributed by atoms with van der Waals surface area (Å²) in [5.74, 6) is -1.45. The molecule has 0 bridgehead atoms. The summed E-state index contributed by atoms with van der Waals surface area (Å²) in [6.07, 6.45) is 0.612. The van der Waals surface area contributed by atoms with E-state index in [2.05, 4.69) is 0 Å². The van der Waals surface area contributed by atoms with Crippen molar-refractivity contribution in [3.05, 3.63) is 34.1 Å². The maximum absolute atomic E-state index is 13.8. The lowest BCUT2D eigenvalue weighted by atomic mass is 10.1. The lowest BCUT2D eigenvalue weighted by Gasteiger charge is -2.17. The predicted molar refractivity (Wildman–Crippen MR) is 67.2 cm³/mol. The zero-order chi connectivity index (χ0) is 13.3. The van der Waals surface area contributed by atoms with E-state index in [0.717, 1.165) is 5.56 Å². The number of carboxylic acids is 1. The van der Waals surface area contributed by atoms with E-state index >= 15 is 0 Å². The van der Waals surface area contributed by atoms with Gasteiger partial charge in [-0.15, -0.1) is 0 Å². The normalized spacial score (nSPS) is 20.3. The number of carbonyl (C=O) groups is 1. The standard InChI is InChI=1S/C13H15ClFNO2/c1-8-4-11(14)10(12(15)5-8)7-16-3-2-9(6-16)13(17)18/h4-5,9H,2-3,6-7H2,1H3,(H,17,18). The monoisotopic (exact) mass is 271 g/mol. The minimum absolute atomic E-state index is 0.321. The number of nitrogens with zero attached hydrogens (tertiary/aromatic N) is 1. The number of aliphatic carboxylic acids is 1. The van der Waals surface area contributed by atoms with Crippen LogP contribution in [0.5, 0.6) is 0 Å². The van der Waals surface area contributed by atoms with E-state index in [1.807, 2.05) is 4.90 Å². The van der Waals surface area contributed by atoms with Crippen molar-refractivity contribution in [3.63, 3.8) is 0 Å². The summed E-state index contributed by atoms with van der Waals surface area (Å²) in [7, 11) is 0. The lowest BCUT2D eigenvalue weighted by molar-refractivity contribution is -0.141. The topological polar surface area (TPSA) is 40.5 Å². The highest BCUT2D eigenvalue weighted by atomic mass is 35.5. The van der Waals surface area contributed by atoms with Gasteiger partial charge in [0.1, 0.15) is 5.82 Å². The number of carboxylic acid groups (broad SMARTS) is 1. The van der Waals surface area contributed by atoms with Crippen LogP contribution in [0.15, 0.2) is 12.1 Å². The average molecular weight is 272 g/mol. The molecule has 1 unspecified atom stereocenters.